The Morgan fingerprint density at radius 2 is 1.33 bits per heavy atom. The van der Waals surface area contributed by atoms with Crippen LogP contribution in [0.2, 0.25) is 0 Å². The smallest absolute Gasteiger partial charge is 0.372 e. The van der Waals surface area contributed by atoms with Crippen LogP contribution in [0.3, 0.4) is 0 Å². The highest BCUT2D eigenvalue weighted by molar-refractivity contribution is 6.64. The van der Waals surface area contributed by atoms with Gasteiger partial charge in [-0.2, -0.15) is 0 Å². The molecule has 0 aliphatic rings. The molecule has 0 unspecified atom stereocenters. The minimum absolute atomic E-state index is 0.568. The molecular formula is C10H23O4Si. The summed E-state index contributed by atoms with van der Waals surface area (Å²) in [5, 5.41) is 0. The molecule has 0 heterocycles. The quantitative estimate of drug-likeness (QED) is 0.429. The molecule has 0 aromatic rings. The summed E-state index contributed by atoms with van der Waals surface area (Å²) in [4.78, 5) is 0. The van der Waals surface area contributed by atoms with Gasteiger partial charge >= 0.3 is 8.80 Å². The Morgan fingerprint density at radius 3 is 1.67 bits per heavy atom. The molecule has 0 saturated carbocycles. The molecule has 91 valence electrons. The summed E-state index contributed by atoms with van der Waals surface area (Å²) >= 11 is 0. The lowest BCUT2D eigenvalue weighted by atomic mass is 10.5. The molecule has 0 fully saturated rings. The van der Waals surface area contributed by atoms with Crippen LogP contribution in [0.1, 0.15) is 34.1 Å². The van der Waals surface area contributed by atoms with Crippen LogP contribution < -0.4 is 0 Å². The minimum atomic E-state index is -2.68. The molecular weight excluding hydrogens is 212 g/mol. The second-order valence-electron chi connectivity index (χ2n) is 2.89. The van der Waals surface area contributed by atoms with Crippen LogP contribution in [0, 0.1) is 6.23 Å². The van der Waals surface area contributed by atoms with E-state index in [1.807, 2.05) is 20.8 Å². The predicted molar refractivity (Wildman–Crippen MR) is 61.2 cm³/mol. The third kappa shape index (κ3) is 6.27. The molecule has 0 spiro atoms. The van der Waals surface area contributed by atoms with Gasteiger partial charge in [0.2, 0.25) is 0 Å². The first-order valence-electron chi connectivity index (χ1n) is 5.62. The van der Waals surface area contributed by atoms with Gasteiger partial charge in [-0.1, -0.05) is 6.92 Å². The fourth-order valence-electron chi connectivity index (χ4n) is 1.11. The molecule has 15 heavy (non-hydrogen) atoms. The zero-order valence-corrected chi connectivity index (χ0v) is 11.2. The Balaban J connectivity index is 4.18. The summed E-state index contributed by atoms with van der Waals surface area (Å²) in [6, 6.07) is 0. The van der Waals surface area contributed by atoms with E-state index < -0.39 is 8.80 Å². The summed E-state index contributed by atoms with van der Waals surface area (Å²) in [6.45, 7) is 10.2. The van der Waals surface area contributed by atoms with Gasteiger partial charge in [0.1, 0.15) is 0 Å². The van der Waals surface area contributed by atoms with Crippen LogP contribution in [0.5, 0.6) is 0 Å². The van der Waals surface area contributed by atoms with E-state index in [9.17, 15) is 0 Å². The van der Waals surface area contributed by atoms with Gasteiger partial charge in [-0.05, 0) is 27.2 Å². The largest absolute Gasteiger partial charge is 0.534 e. The van der Waals surface area contributed by atoms with Gasteiger partial charge < -0.3 is 18.0 Å². The van der Waals surface area contributed by atoms with Crippen LogP contribution >= 0.6 is 0 Å². The molecule has 0 saturated heterocycles. The van der Waals surface area contributed by atoms with Gasteiger partial charge in [-0.3, -0.25) is 0 Å². The summed E-state index contributed by atoms with van der Waals surface area (Å²) in [7, 11) is -2.68. The first-order valence-corrected chi connectivity index (χ1v) is 7.42. The second kappa shape index (κ2) is 9.29. The van der Waals surface area contributed by atoms with E-state index in [1.54, 1.807) is 6.23 Å². The van der Waals surface area contributed by atoms with Crippen molar-refractivity contribution < 1.29 is 18.0 Å². The van der Waals surface area contributed by atoms with E-state index in [4.69, 9.17) is 18.0 Å². The van der Waals surface area contributed by atoms with Crippen molar-refractivity contribution in [2.45, 2.75) is 34.1 Å². The van der Waals surface area contributed by atoms with Gasteiger partial charge in [0, 0.05) is 26.4 Å². The zero-order valence-electron chi connectivity index (χ0n) is 10.2. The maximum atomic E-state index is 5.57. The Kier molecular flexibility index (Phi) is 9.33. The number of rotatable bonds is 10. The number of hydrogen-bond donors (Lipinski definition) is 0. The van der Waals surface area contributed by atoms with E-state index in [1.165, 1.54) is 0 Å². The summed E-state index contributed by atoms with van der Waals surface area (Å²) in [5.74, 6) is 0. The first kappa shape index (κ1) is 15.1. The first-order chi connectivity index (χ1) is 7.24. The van der Waals surface area contributed by atoms with Crippen LogP contribution in [0.4, 0.5) is 0 Å². The van der Waals surface area contributed by atoms with E-state index in [-0.39, 0.29) is 0 Å². The molecule has 4 nitrogen and oxygen atoms in total. The molecule has 0 rings (SSSR count). The molecule has 0 bridgehead atoms. The van der Waals surface area contributed by atoms with E-state index >= 15 is 0 Å². The minimum Gasteiger partial charge on any atom is -0.372 e. The molecule has 5 heteroatoms. The van der Waals surface area contributed by atoms with Gasteiger partial charge in [0.15, 0.2) is 6.23 Å². The predicted octanol–water partition coefficient (Wildman–Crippen LogP) is 2.16. The summed E-state index contributed by atoms with van der Waals surface area (Å²) in [6.07, 6.45) is 2.60. The van der Waals surface area contributed by atoms with E-state index in [2.05, 4.69) is 6.92 Å². The van der Waals surface area contributed by atoms with Gasteiger partial charge in [0.25, 0.3) is 0 Å². The van der Waals surface area contributed by atoms with Crippen molar-refractivity contribution in [3.63, 3.8) is 0 Å². The third-order valence-corrected chi connectivity index (χ3v) is 4.11. The lowest BCUT2D eigenvalue weighted by Gasteiger charge is -2.27. The van der Waals surface area contributed by atoms with Crippen LogP contribution in [0.25, 0.3) is 0 Å². The van der Waals surface area contributed by atoms with Crippen molar-refractivity contribution in [3.05, 3.63) is 6.23 Å². The van der Waals surface area contributed by atoms with Crippen molar-refractivity contribution in [3.8, 4) is 0 Å². The second-order valence-corrected chi connectivity index (χ2v) is 5.20. The number of hydrogen-bond acceptors (Lipinski definition) is 4. The highest BCUT2D eigenvalue weighted by atomic mass is 28.4. The molecule has 1 radical (unpaired) electrons. The average molecular weight is 235 g/mol. The Hall–Kier alpha value is 0.0569. The van der Waals surface area contributed by atoms with Crippen LogP contribution in [-0.4, -0.2) is 35.2 Å². The molecule has 0 aromatic heterocycles. The highest BCUT2D eigenvalue weighted by Crippen LogP contribution is 2.14. The molecule has 0 amide bonds. The Bertz CT molecular complexity index is 126. The van der Waals surface area contributed by atoms with Gasteiger partial charge in [-0.25, -0.2) is 0 Å². The maximum Gasteiger partial charge on any atom is 0.534 e. The van der Waals surface area contributed by atoms with Crippen molar-refractivity contribution in [2.75, 3.05) is 26.4 Å². The van der Waals surface area contributed by atoms with Crippen molar-refractivity contribution in [2.24, 2.45) is 0 Å². The fraction of sp³-hybridized carbons (Fsp3) is 0.900. The maximum absolute atomic E-state index is 5.57. The number of ether oxygens (including phenoxy) is 1. The molecule has 0 aliphatic heterocycles. The standard InChI is InChI=1S/C10H23O4Si/c1-5-9-11-10-15(12-6-2,13-7-3)14-8-4/h10H,5-9H2,1-4H3. The summed E-state index contributed by atoms with van der Waals surface area (Å²) < 4.78 is 22.1. The third-order valence-electron chi connectivity index (χ3n) is 1.59. The molecule has 0 atom stereocenters. The highest BCUT2D eigenvalue weighted by Gasteiger charge is 2.41. The SMILES string of the molecule is CCCO[CH][Si](OCC)(OCC)OCC. The molecule has 0 aliphatic carbocycles. The Morgan fingerprint density at radius 1 is 0.867 bits per heavy atom. The molecule has 0 aromatic carbocycles. The Labute approximate surface area is 94.2 Å². The topological polar surface area (TPSA) is 36.9 Å². The van der Waals surface area contributed by atoms with Crippen molar-refractivity contribution >= 4 is 8.80 Å². The normalized spacial score (nSPS) is 12.0. The van der Waals surface area contributed by atoms with Gasteiger partial charge in [-0.15, -0.1) is 0 Å². The van der Waals surface area contributed by atoms with E-state index in [0.29, 0.717) is 26.4 Å². The lowest BCUT2D eigenvalue weighted by molar-refractivity contribution is 0.0529. The zero-order chi connectivity index (χ0) is 11.6. The van der Waals surface area contributed by atoms with Gasteiger partial charge in [0.05, 0.1) is 0 Å². The molecule has 0 N–H and O–H groups in total. The fourth-order valence-corrected chi connectivity index (χ4v) is 3.09. The summed E-state index contributed by atoms with van der Waals surface area (Å²) in [5.41, 5.74) is 0. The van der Waals surface area contributed by atoms with Crippen LogP contribution in [0.15, 0.2) is 0 Å². The monoisotopic (exact) mass is 235 g/mol. The van der Waals surface area contributed by atoms with Crippen molar-refractivity contribution in [1.82, 2.24) is 0 Å². The average Bonchev–Trinajstić information content (AvgIpc) is 2.19. The lowest BCUT2D eigenvalue weighted by Crippen LogP contribution is -2.47. The van der Waals surface area contributed by atoms with Crippen LogP contribution in [-0.2, 0) is 18.0 Å². The van der Waals surface area contributed by atoms with Crippen molar-refractivity contribution in [1.29, 1.82) is 0 Å². The van der Waals surface area contributed by atoms with E-state index in [0.717, 1.165) is 6.42 Å².